The lowest BCUT2D eigenvalue weighted by molar-refractivity contribution is 0.101. The second-order valence-corrected chi connectivity index (χ2v) is 6.94. The molecule has 0 radical (unpaired) electrons. The Hall–Kier alpha value is -1.62. The maximum absolute atomic E-state index is 11.3. The highest BCUT2D eigenvalue weighted by Crippen LogP contribution is 2.46. The van der Waals surface area contributed by atoms with Gasteiger partial charge in [-0.3, -0.25) is 4.79 Å². The molecule has 4 rings (SSSR count). The molecule has 108 valence electrons. The fourth-order valence-electron chi connectivity index (χ4n) is 2.52. The maximum atomic E-state index is 11.3. The molecular formula is C16H17N3OS. The molecule has 0 atom stereocenters. The number of Topliss-reactive ketones (excluding diaryl/α,β-unsaturated/α-hetero) is 1. The lowest BCUT2D eigenvalue weighted by Gasteiger charge is -2.08. The zero-order valence-electron chi connectivity index (χ0n) is 12.0. The van der Waals surface area contributed by atoms with Gasteiger partial charge in [0.1, 0.15) is 5.82 Å². The topological polar surface area (TPSA) is 47.8 Å². The van der Waals surface area contributed by atoms with Crippen LogP contribution in [0.25, 0.3) is 0 Å². The number of ketones is 1. The molecule has 0 aliphatic heterocycles. The van der Waals surface area contributed by atoms with Crippen molar-refractivity contribution in [1.82, 2.24) is 14.8 Å². The molecule has 2 fully saturated rings. The summed E-state index contributed by atoms with van der Waals surface area (Å²) in [6.45, 7) is 1.59. The van der Waals surface area contributed by atoms with Crippen LogP contribution in [0.3, 0.4) is 0 Å². The van der Waals surface area contributed by atoms with Crippen molar-refractivity contribution in [3.05, 3.63) is 35.7 Å². The van der Waals surface area contributed by atoms with Gasteiger partial charge in [-0.05, 0) is 56.5 Å². The highest BCUT2D eigenvalue weighted by atomic mass is 32.2. The molecule has 2 aromatic rings. The average molecular weight is 299 g/mol. The van der Waals surface area contributed by atoms with Crippen LogP contribution in [0.15, 0.2) is 34.3 Å². The molecule has 4 nitrogen and oxygen atoms in total. The van der Waals surface area contributed by atoms with E-state index in [1.54, 1.807) is 18.7 Å². The van der Waals surface area contributed by atoms with Gasteiger partial charge in [0, 0.05) is 22.4 Å². The predicted octanol–water partition coefficient (Wildman–Crippen LogP) is 3.84. The van der Waals surface area contributed by atoms with Gasteiger partial charge in [0.2, 0.25) is 0 Å². The Morgan fingerprint density at radius 3 is 2.43 bits per heavy atom. The van der Waals surface area contributed by atoms with E-state index in [1.165, 1.54) is 31.5 Å². The van der Waals surface area contributed by atoms with Crippen LogP contribution in [0.1, 0.15) is 60.7 Å². The first-order valence-corrected chi connectivity index (χ1v) is 8.27. The summed E-state index contributed by atoms with van der Waals surface area (Å²) in [5.74, 6) is 1.91. The third-order valence-electron chi connectivity index (χ3n) is 4.02. The van der Waals surface area contributed by atoms with Crippen LogP contribution >= 0.6 is 11.8 Å². The van der Waals surface area contributed by atoms with Crippen molar-refractivity contribution in [2.75, 3.05) is 0 Å². The highest BCUT2D eigenvalue weighted by Gasteiger charge is 2.36. The van der Waals surface area contributed by atoms with E-state index in [9.17, 15) is 4.79 Å². The van der Waals surface area contributed by atoms with Crippen LogP contribution in [-0.4, -0.2) is 20.5 Å². The number of nitrogens with zero attached hydrogens (tertiary/aromatic N) is 3. The van der Waals surface area contributed by atoms with Gasteiger partial charge in [0.15, 0.2) is 10.9 Å². The Morgan fingerprint density at radius 1 is 1.14 bits per heavy atom. The second kappa shape index (κ2) is 4.98. The summed E-state index contributed by atoms with van der Waals surface area (Å²) < 4.78 is 2.35. The highest BCUT2D eigenvalue weighted by molar-refractivity contribution is 7.99. The second-order valence-electron chi connectivity index (χ2n) is 5.90. The minimum absolute atomic E-state index is 0.101. The molecule has 5 heteroatoms. The molecule has 21 heavy (non-hydrogen) atoms. The molecule has 2 aliphatic rings. The van der Waals surface area contributed by atoms with Gasteiger partial charge in [0.05, 0.1) is 0 Å². The largest absolute Gasteiger partial charge is 0.302 e. The number of aromatic nitrogens is 3. The molecule has 0 spiro atoms. The van der Waals surface area contributed by atoms with Crippen LogP contribution in [0.4, 0.5) is 0 Å². The van der Waals surface area contributed by atoms with E-state index in [0.29, 0.717) is 12.0 Å². The van der Waals surface area contributed by atoms with Crippen molar-refractivity contribution in [1.29, 1.82) is 0 Å². The van der Waals surface area contributed by atoms with Crippen molar-refractivity contribution in [3.8, 4) is 0 Å². The van der Waals surface area contributed by atoms with Gasteiger partial charge in [0.25, 0.3) is 0 Å². The van der Waals surface area contributed by atoms with Crippen molar-refractivity contribution in [2.45, 2.75) is 54.6 Å². The molecule has 2 saturated carbocycles. The van der Waals surface area contributed by atoms with Gasteiger partial charge in [-0.25, -0.2) is 0 Å². The fourth-order valence-corrected chi connectivity index (χ4v) is 3.42. The van der Waals surface area contributed by atoms with Gasteiger partial charge in [-0.2, -0.15) is 0 Å². The summed E-state index contributed by atoms with van der Waals surface area (Å²) in [7, 11) is 0. The first-order valence-electron chi connectivity index (χ1n) is 7.46. The zero-order chi connectivity index (χ0) is 14.4. The van der Waals surface area contributed by atoms with E-state index >= 15 is 0 Å². The van der Waals surface area contributed by atoms with E-state index in [4.69, 9.17) is 0 Å². The molecule has 0 N–H and O–H groups in total. The molecule has 0 amide bonds. The molecule has 1 aromatic heterocycles. The van der Waals surface area contributed by atoms with Gasteiger partial charge < -0.3 is 4.57 Å². The van der Waals surface area contributed by atoms with E-state index < -0.39 is 0 Å². The van der Waals surface area contributed by atoms with E-state index in [-0.39, 0.29) is 5.78 Å². The third-order valence-corrected chi connectivity index (χ3v) is 4.98. The molecule has 1 heterocycles. The minimum Gasteiger partial charge on any atom is -0.302 e. The predicted molar refractivity (Wildman–Crippen MR) is 80.8 cm³/mol. The Labute approximate surface area is 128 Å². The quantitative estimate of drug-likeness (QED) is 0.787. The van der Waals surface area contributed by atoms with E-state index in [0.717, 1.165) is 15.6 Å². The number of carbonyl (C=O) groups is 1. The lowest BCUT2D eigenvalue weighted by Crippen LogP contribution is -2.01. The molecule has 1 aromatic carbocycles. The normalized spacial score (nSPS) is 18.0. The molecule has 2 aliphatic carbocycles. The van der Waals surface area contributed by atoms with Gasteiger partial charge in [-0.15, -0.1) is 10.2 Å². The Balaban J connectivity index is 1.60. The summed E-state index contributed by atoms with van der Waals surface area (Å²) >= 11 is 1.65. The zero-order valence-corrected chi connectivity index (χ0v) is 12.8. The minimum atomic E-state index is 0.101. The number of hydrogen-bond acceptors (Lipinski definition) is 4. The number of rotatable bonds is 5. The Bertz CT molecular complexity index is 684. The maximum Gasteiger partial charge on any atom is 0.196 e. The van der Waals surface area contributed by atoms with Crippen LogP contribution in [-0.2, 0) is 0 Å². The number of benzene rings is 1. The first-order chi connectivity index (χ1) is 10.2. The van der Waals surface area contributed by atoms with Crippen molar-refractivity contribution < 1.29 is 4.79 Å². The molecule has 0 saturated heterocycles. The number of carbonyl (C=O) groups excluding carboxylic acids is 1. The molecular weight excluding hydrogens is 282 g/mol. The van der Waals surface area contributed by atoms with E-state index in [2.05, 4.69) is 14.8 Å². The average Bonchev–Trinajstić information content (AvgIpc) is 3.39. The summed E-state index contributed by atoms with van der Waals surface area (Å²) in [5.41, 5.74) is 0.752. The Morgan fingerprint density at radius 2 is 1.86 bits per heavy atom. The Kier molecular flexibility index (Phi) is 3.10. The van der Waals surface area contributed by atoms with Gasteiger partial charge >= 0.3 is 0 Å². The van der Waals surface area contributed by atoms with Crippen LogP contribution in [0, 0.1) is 0 Å². The SMILES string of the molecule is CC(=O)c1ccc(Sc2nnc(C3CC3)n2C2CC2)cc1. The van der Waals surface area contributed by atoms with Crippen LogP contribution < -0.4 is 0 Å². The number of hydrogen-bond donors (Lipinski definition) is 0. The smallest absolute Gasteiger partial charge is 0.196 e. The van der Waals surface area contributed by atoms with E-state index in [1.807, 2.05) is 24.3 Å². The first kappa shape index (κ1) is 13.1. The van der Waals surface area contributed by atoms with Crippen LogP contribution in [0.2, 0.25) is 0 Å². The summed E-state index contributed by atoms with van der Waals surface area (Å²) in [6.07, 6.45) is 4.99. The fraction of sp³-hybridized carbons (Fsp3) is 0.438. The standard InChI is InChI=1S/C16H17N3OS/c1-10(20)11-4-8-14(9-5-11)21-16-18-17-15(12-2-3-12)19(16)13-6-7-13/h4-5,8-9,12-13H,2-3,6-7H2,1H3. The van der Waals surface area contributed by atoms with Crippen molar-refractivity contribution in [2.24, 2.45) is 0 Å². The van der Waals surface area contributed by atoms with Crippen molar-refractivity contribution in [3.63, 3.8) is 0 Å². The van der Waals surface area contributed by atoms with Crippen molar-refractivity contribution >= 4 is 17.5 Å². The summed E-state index contributed by atoms with van der Waals surface area (Å²) in [6, 6.07) is 8.35. The molecule has 0 unspecified atom stereocenters. The van der Waals surface area contributed by atoms with Gasteiger partial charge in [-0.1, -0.05) is 12.1 Å². The summed E-state index contributed by atoms with van der Waals surface area (Å²) in [4.78, 5) is 12.4. The summed E-state index contributed by atoms with van der Waals surface area (Å²) in [5, 5.41) is 9.82. The molecule has 0 bridgehead atoms. The van der Waals surface area contributed by atoms with Crippen LogP contribution in [0.5, 0.6) is 0 Å². The third kappa shape index (κ3) is 2.62. The monoisotopic (exact) mass is 299 g/mol. The lowest BCUT2D eigenvalue weighted by atomic mass is 10.2.